The Morgan fingerprint density at radius 1 is 1.10 bits per heavy atom. The first kappa shape index (κ1) is 20.7. The molecule has 1 aromatic heterocycles. The van der Waals surface area contributed by atoms with Crippen molar-refractivity contribution in [2.24, 2.45) is 5.92 Å². The van der Waals surface area contributed by atoms with Gasteiger partial charge in [0.15, 0.2) is 4.34 Å². The van der Waals surface area contributed by atoms with Gasteiger partial charge in [-0.15, -0.1) is 10.2 Å². The summed E-state index contributed by atoms with van der Waals surface area (Å²) in [5.41, 5.74) is 0.904. The van der Waals surface area contributed by atoms with Gasteiger partial charge < -0.3 is 15.0 Å². The third-order valence-corrected chi connectivity index (χ3v) is 6.90. The fraction of sp³-hybridized carbons (Fsp3) is 0.318. The van der Waals surface area contributed by atoms with Gasteiger partial charge in [-0.25, -0.2) is 0 Å². The number of aromatic nitrogens is 2. The Kier molecular flexibility index (Phi) is 6.86. The summed E-state index contributed by atoms with van der Waals surface area (Å²) >= 11 is 2.90. The van der Waals surface area contributed by atoms with Crippen LogP contribution in [0.25, 0.3) is 0 Å². The van der Waals surface area contributed by atoms with Gasteiger partial charge in [-0.05, 0) is 55.2 Å². The van der Waals surface area contributed by atoms with Crippen LogP contribution in [-0.4, -0.2) is 39.8 Å². The van der Waals surface area contributed by atoms with E-state index in [0.29, 0.717) is 10.9 Å². The maximum atomic E-state index is 12.4. The van der Waals surface area contributed by atoms with Crippen LogP contribution in [-0.2, 0) is 4.79 Å². The highest BCUT2D eigenvalue weighted by molar-refractivity contribution is 8.01. The van der Waals surface area contributed by atoms with Crippen molar-refractivity contribution >= 4 is 39.8 Å². The number of piperidine rings is 1. The Morgan fingerprint density at radius 3 is 2.53 bits per heavy atom. The van der Waals surface area contributed by atoms with Crippen LogP contribution in [0.1, 0.15) is 19.8 Å². The summed E-state index contributed by atoms with van der Waals surface area (Å²) in [6.45, 7) is 3.98. The van der Waals surface area contributed by atoms with Crippen molar-refractivity contribution < 1.29 is 9.53 Å². The van der Waals surface area contributed by atoms with Crippen LogP contribution in [0.15, 0.2) is 58.9 Å². The van der Waals surface area contributed by atoms with Gasteiger partial charge in [-0.1, -0.05) is 48.2 Å². The standard InChI is InChI=1S/C22H24N4O2S2/c1-16-11-13-26(14-12-16)20(27)15-29-22-25-24-21(30-22)23-17-7-9-19(10-8-17)28-18-5-3-2-4-6-18/h2-10,16H,11-15H2,1H3,(H,23,24). The van der Waals surface area contributed by atoms with Gasteiger partial charge in [0.1, 0.15) is 11.5 Å². The lowest BCUT2D eigenvalue weighted by Gasteiger charge is -2.30. The van der Waals surface area contributed by atoms with E-state index >= 15 is 0 Å². The zero-order valence-corrected chi connectivity index (χ0v) is 18.4. The van der Waals surface area contributed by atoms with Crippen LogP contribution >= 0.6 is 23.1 Å². The molecule has 2 heterocycles. The monoisotopic (exact) mass is 440 g/mol. The van der Waals surface area contributed by atoms with Gasteiger partial charge in [-0.3, -0.25) is 4.79 Å². The second-order valence-corrected chi connectivity index (χ2v) is 9.49. The van der Waals surface area contributed by atoms with Crippen molar-refractivity contribution in [3.05, 3.63) is 54.6 Å². The minimum Gasteiger partial charge on any atom is -0.457 e. The summed E-state index contributed by atoms with van der Waals surface area (Å²) in [5.74, 6) is 2.89. The SMILES string of the molecule is CC1CCN(C(=O)CSc2nnc(Nc3ccc(Oc4ccccc4)cc3)s2)CC1. The highest BCUT2D eigenvalue weighted by atomic mass is 32.2. The molecule has 156 valence electrons. The first-order valence-corrected chi connectivity index (χ1v) is 11.8. The van der Waals surface area contributed by atoms with E-state index in [1.54, 1.807) is 0 Å². The van der Waals surface area contributed by atoms with Crippen molar-refractivity contribution in [1.82, 2.24) is 15.1 Å². The van der Waals surface area contributed by atoms with E-state index in [4.69, 9.17) is 4.74 Å². The Morgan fingerprint density at radius 2 is 1.80 bits per heavy atom. The molecule has 1 aliphatic rings. The molecule has 0 bridgehead atoms. The van der Waals surface area contributed by atoms with Crippen LogP contribution in [0.2, 0.25) is 0 Å². The molecule has 1 amide bonds. The molecule has 8 heteroatoms. The Bertz CT molecular complexity index is 955. The molecule has 0 unspecified atom stereocenters. The molecule has 1 fully saturated rings. The van der Waals surface area contributed by atoms with Crippen molar-refractivity contribution in [3.63, 3.8) is 0 Å². The van der Waals surface area contributed by atoms with Crippen molar-refractivity contribution in [3.8, 4) is 11.5 Å². The number of para-hydroxylation sites is 1. The largest absolute Gasteiger partial charge is 0.457 e. The van der Waals surface area contributed by atoms with E-state index < -0.39 is 0 Å². The lowest BCUT2D eigenvalue weighted by molar-refractivity contribution is -0.129. The number of nitrogens with zero attached hydrogens (tertiary/aromatic N) is 3. The summed E-state index contributed by atoms with van der Waals surface area (Å²) in [4.78, 5) is 14.3. The number of ether oxygens (including phenoxy) is 1. The van der Waals surface area contributed by atoms with Crippen molar-refractivity contribution in [2.75, 3.05) is 24.2 Å². The zero-order valence-electron chi connectivity index (χ0n) is 16.8. The highest BCUT2D eigenvalue weighted by Crippen LogP contribution is 2.29. The molecule has 0 saturated carbocycles. The van der Waals surface area contributed by atoms with Crippen LogP contribution in [0.4, 0.5) is 10.8 Å². The van der Waals surface area contributed by atoms with Gasteiger partial charge in [0.05, 0.1) is 5.75 Å². The summed E-state index contributed by atoms with van der Waals surface area (Å²) < 4.78 is 6.60. The molecule has 6 nitrogen and oxygen atoms in total. The number of carbonyl (C=O) groups excluding carboxylic acids is 1. The minimum atomic E-state index is 0.186. The van der Waals surface area contributed by atoms with E-state index in [1.165, 1.54) is 23.1 Å². The molecular formula is C22H24N4O2S2. The first-order valence-electron chi connectivity index (χ1n) is 10.00. The van der Waals surface area contributed by atoms with Gasteiger partial charge in [-0.2, -0.15) is 0 Å². The number of anilines is 2. The van der Waals surface area contributed by atoms with Crippen LogP contribution in [0.5, 0.6) is 11.5 Å². The maximum absolute atomic E-state index is 12.4. The zero-order chi connectivity index (χ0) is 20.8. The van der Waals surface area contributed by atoms with Gasteiger partial charge in [0.25, 0.3) is 0 Å². The first-order chi connectivity index (χ1) is 14.7. The van der Waals surface area contributed by atoms with Gasteiger partial charge >= 0.3 is 0 Å². The third-order valence-electron chi connectivity index (χ3n) is 4.95. The molecule has 4 rings (SSSR count). The van der Waals surface area contributed by atoms with E-state index in [9.17, 15) is 4.79 Å². The van der Waals surface area contributed by atoms with Crippen molar-refractivity contribution in [2.45, 2.75) is 24.1 Å². The molecule has 1 aliphatic heterocycles. The molecule has 2 aromatic carbocycles. The Balaban J connectivity index is 1.26. The number of nitrogens with one attached hydrogen (secondary N) is 1. The molecular weight excluding hydrogens is 416 g/mol. The number of hydrogen-bond acceptors (Lipinski definition) is 7. The van der Waals surface area contributed by atoms with Crippen LogP contribution in [0, 0.1) is 5.92 Å². The van der Waals surface area contributed by atoms with Crippen LogP contribution in [0.3, 0.4) is 0 Å². The highest BCUT2D eigenvalue weighted by Gasteiger charge is 2.20. The molecule has 3 aromatic rings. The van der Waals surface area contributed by atoms with E-state index in [2.05, 4.69) is 22.4 Å². The number of likely N-dealkylation sites (tertiary alicyclic amines) is 1. The summed E-state index contributed by atoms with van der Waals surface area (Å²) in [7, 11) is 0. The molecule has 1 N–H and O–H groups in total. The van der Waals surface area contributed by atoms with E-state index in [0.717, 1.165) is 53.4 Å². The minimum absolute atomic E-state index is 0.186. The van der Waals surface area contributed by atoms with Gasteiger partial charge in [0.2, 0.25) is 11.0 Å². The quantitative estimate of drug-likeness (QED) is 0.495. The number of thioether (sulfide) groups is 1. The Hall–Kier alpha value is -2.58. The predicted octanol–water partition coefficient (Wildman–Crippen LogP) is 5.42. The number of benzene rings is 2. The maximum Gasteiger partial charge on any atom is 0.233 e. The Labute approximate surface area is 184 Å². The van der Waals surface area contributed by atoms with E-state index in [-0.39, 0.29) is 5.91 Å². The smallest absolute Gasteiger partial charge is 0.233 e. The summed E-state index contributed by atoms with van der Waals surface area (Å²) in [5, 5.41) is 12.3. The number of carbonyl (C=O) groups is 1. The number of hydrogen-bond donors (Lipinski definition) is 1. The fourth-order valence-electron chi connectivity index (χ4n) is 3.15. The number of rotatable bonds is 7. The second-order valence-electron chi connectivity index (χ2n) is 7.29. The lowest BCUT2D eigenvalue weighted by atomic mass is 9.99. The topological polar surface area (TPSA) is 67.4 Å². The van der Waals surface area contributed by atoms with Crippen molar-refractivity contribution in [1.29, 1.82) is 0 Å². The summed E-state index contributed by atoms with van der Waals surface area (Å²) in [6, 6.07) is 17.4. The molecule has 1 saturated heterocycles. The molecule has 0 spiro atoms. The predicted molar refractivity (Wildman–Crippen MR) is 122 cm³/mol. The third kappa shape index (κ3) is 5.73. The van der Waals surface area contributed by atoms with E-state index in [1.807, 2.05) is 59.5 Å². The molecule has 0 radical (unpaired) electrons. The van der Waals surface area contributed by atoms with Gasteiger partial charge in [0, 0.05) is 18.8 Å². The average Bonchev–Trinajstić information content (AvgIpc) is 3.22. The lowest BCUT2D eigenvalue weighted by Crippen LogP contribution is -2.38. The second kappa shape index (κ2) is 9.95. The molecule has 0 aliphatic carbocycles. The number of amides is 1. The molecule has 0 atom stereocenters. The molecule has 30 heavy (non-hydrogen) atoms. The van der Waals surface area contributed by atoms with Crippen LogP contribution < -0.4 is 10.1 Å². The summed E-state index contributed by atoms with van der Waals surface area (Å²) in [6.07, 6.45) is 2.19. The average molecular weight is 441 g/mol. The fourth-order valence-corrected chi connectivity index (χ4v) is 4.82. The normalized spacial score (nSPS) is 14.5.